The van der Waals surface area contributed by atoms with Crippen LogP contribution in [0.3, 0.4) is 0 Å². The Morgan fingerprint density at radius 2 is 1.54 bits per heavy atom. The third-order valence-corrected chi connectivity index (χ3v) is 4.34. The standard InChI is InChI=1S/C21H27NO4/c1-5-22(15-17-8-12-19(25-3)20(14-17)26-4)21(23)13-9-16-6-10-18(24-2)11-7-16/h6-8,10-12,14H,5,9,13,15H2,1-4H3. The minimum absolute atomic E-state index is 0.137. The summed E-state index contributed by atoms with van der Waals surface area (Å²) < 4.78 is 15.8. The molecular formula is C21H27NO4. The fourth-order valence-electron chi connectivity index (χ4n) is 2.78. The smallest absolute Gasteiger partial charge is 0.223 e. The van der Waals surface area contributed by atoms with Crippen molar-refractivity contribution in [3.8, 4) is 17.2 Å². The highest BCUT2D eigenvalue weighted by Crippen LogP contribution is 2.28. The number of ether oxygens (including phenoxy) is 3. The van der Waals surface area contributed by atoms with E-state index < -0.39 is 0 Å². The first-order valence-electron chi connectivity index (χ1n) is 8.72. The number of hydrogen-bond donors (Lipinski definition) is 0. The van der Waals surface area contributed by atoms with E-state index in [0.29, 0.717) is 37.4 Å². The number of benzene rings is 2. The van der Waals surface area contributed by atoms with E-state index in [-0.39, 0.29) is 5.91 Å². The van der Waals surface area contributed by atoms with E-state index in [1.54, 1.807) is 21.3 Å². The molecule has 5 heteroatoms. The topological polar surface area (TPSA) is 48.0 Å². The van der Waals surface area contributed by atoms with Gasteiger partial charge in [0.05, 0.1) is 21.3 Å². The first-order valence-corrected chi connectivity index (χ1v) is 8.72. The molecule has 0 bridgehead atoms. The van der Waals surface area contributed by atoms with Crippen LogP contribution in [0.4, 0.5) is 0 Å². The third kappa shape index (κ3) is 5.15. The van der Waals surface area contributed by atoms with Crippen molar-refractivity contribution in [1.82, 2.24) is 4.90 Å². The van der Waals surface area contributed by atoms with E-state index in [2.05, 4.69) is 0 Å². The SMILES string of the molecule is CCN(Cc1ccc(OC)c(OC)c1)C(=O)CCc1ccc(OC)cc1. The van der Waals surface area contributed by atoms with Crippen LogP contribution in [0.25, 0.3) is 0 Å². The Hall–Kier alpha value is -2.69. The predicted molar refractivity (Wildman–Crippen MR) is 102 cm³/mol. The van der Waals surface area contributed by atoms with Crippen LogP contribution < -0.4 is 14.2 Å². The maximum absolute atomic E-state index is 12.6. The Kier molecular flexibility index (Phi) is 7.33. The molecule has 0 aliphatic rings. The fraction of sp³-hybridized carbons (Fsp3) is 0.381. The number of carbonyl (C=O) groups is 1. The minimum atomic E-state index is 0.137. The second kappa shape index (κ2) is 9.70. The van der Waals surface area contributed by atoms with Crippen molar-refractivity contribution in [3.05, 3.63) is 53.6 Å². The van der Waals surface area contributed by atoms with Crippen LogP contribution in [0, 0.1) is 0 Å². The highest BCUT2D eigenvalue weighted by Gasteiger charge is 2.14. The molecule has 140 valence electrons. The second-order valence-electron chi connectivity index (χ2n) is 5.95. The molecule has 0 heterocycles. The zero-order valence-corrected chi connectivity index (χ0v) is 16.0. The van der Waals surface area contributed by atoms with Crippen LogP contribution in [-0.2, 0) is 17.8 Å². The Morgan fingerprint density at radius 3 is 2.12 bits per heavy atom. The largest absolute Gasteiger partial charge is 0.497 e. The van der Waals surface area contributed by atoms with Gasteiger partial charge in [0.1, 0.15) is 5.75 Å². The van der Waals surface area contributed by atoms with Crippen LogP contribution in [0.15, 0.2) is 42.5 Å². The van der Waals surface area contributed by atoms with Crippen LogP contribution in [-0.4, -0.2) is 38.7 Å². The van der Waals surface area contributed by atoms with E-state index in [9.17, 15) is 4.79 Å². The predicted octanol–water partition coefficient (Wildman–Crippen LogP) is 3.69. The van der Waals surface area contributed by atoms with E-state index in [0.717, 1.165) is 16.9 Å². The van der Waals surface area contributed by atoms with E-state index in [1.807, 2.05) is 54.3 Å². The van der Waals surface area contributed by atoms with Crippen molar-refractivity contribution in [2.75, 3.05) is 27.9 Å². The molecular weight excluding hydrogens is 330 g/mol. The average molecular weight is 357 g/mol. The van der Waals surface area contributed by atoms with Gasteiger partial charge in [0.25, 0.3) is 0 Å². The van der Waals surface area contributed by atoms with Crippen LogP contribution in [0.2, 0.25) is 0 Å². The molecule has 0 saturated heterocycles. The number of nitrogens with zero attached hydrogens (tertiary/aromatic N) is 1. The normalized spacial score (nSPS) is 10.3. The first kappa shape index (κ1) is 19.6. The van der Waals surface area contributed by atoms with Crippen molar-refractivity contribution in [2.45, 2.75) is 26.3 Å². The molecule has 2 rings (SSSR count). The maximum Gasteiger partial charge on any atom is 0.223 e. The lowest BCUT2D eigenvalue weighted by Gasteiger charge is -2.22. The fourth-order valence-corrected chi connectivity index (χ4v) is 2.78. The molecule has 2 aromatic rings. The Labute approximate surface area is 155 Å². The lowest BCUT2D eigenvalue weighted by molar-refractivity contribution is -0.131. The summed E-state index contributed by atoms with van der Waals surface area (Å²) in [5.41, 5.74) is 2.14. The van der Waals surface area contributed by atoms with Gasteiger partial charge in [-0.3, -0.25) is 4.79 Å². The van der Waals surface area contributed by atoms with Crippen LogP contribution >= 0.6 is 0 Å². The average Bonchev–Trinajstić information content (AvgIpc) is 2.70. The summed E-state index contributed by atoms with van der Waals surface area (Å²) in [7, 11) is 4.86. The van der Waals surface area contributed by atoms with Gasteiger partial charge in [-0.1, -0.05) is 18.2 Å². The molecule has 0 atom stereocenters. The molecule has 0 radical (unpaired) electrons. The number of amides is 1. The molecule has 0 aliphatic heterocycles. The number of carbonyl (C=O) groups excluding carboxylic acids is 1. The van der Waals surface area contributed by atoms with Gasteiger partial charge in [-0.2, -0.15) is 0 Å². The molecule has 0 saturated carbocycles. The summed E-state index contributed by atoms with van der Waals surface area (Å²) in [5.74, 6) is 2.32. The highest BCUT2D eigenvalue weighted by molar-refractivity contribution is 5.76. The molecule has 1 amide bonds. The van der Waals surface area contributed by atoms with Gasteiger partial charge in [0, 0.05) is 19.5 Å². The number of aryl methyl sites for hydroxylation is 1. The van der Waals surface area contributed by atoms with Crippen LogP contribution in [0.5, 0.6) is 17.2 Å². The van der Waals surface area contributed by atoms with Crippen molar-refractivity contribution < 1.29 is 19.0 Å². The molecule has 26 heavy (non-hydrogen) atoms. The summed E-state index contributed by atoms with van der Waals surface area (Å²) in [6.45, 7) is 3.21. The van der Waals surface area contributed by atoms with Gasteiger partial charge >= 0.3 is 0 Å². The Bertz CT molecular complexity index is 712. The van der Waals surface area contributed by atoms with E-state index in [4.69, 9.17) is 14.2 Å². The molecule has 0 fully saturated rings. The zero-order chi connectivity index (χ0) is 18.9. The van der Waals surface area contributed by atoms with Crippen molar-refractivity contribution >= 4 is 5.91 Å². The van der Waals surface area contributed by atoms with Gasteiger partial charge in [0.15, 0.2) is 11.5 Å². The number of rotatable bonds is 9. The molecule has 2 aromatic carbocycles. The number of hydrogen-bond acceptors (Lipinski definition) is 4. The second-order valence-corrected chi connectivity index (χ2v) is 5.95. The van der Waals surface area contributed by atoms with Gasteiger partial charge in [-0.25, -0.2) is 0 Å². The summed E-state index contributed by atoms with van der Waals surface area (Å²) in [5, 5.41) is 0. The summed E-state index contributed by atoms with van der Waals surface area (Å²) in [4.78, 5) is 14.4. The van der Waals surface area contributed by atoms with Gasteiger partial charge < -0.3 is 19.1 Å². The molecule has 0 aliphatic carbocycles. The molecule has 0 aromatic heterocycles. The molecule has 0 unspecified atom stereocenters. The van der Waals surface area contributed by atoms with Gasteiger partial charge in [-0.05, 0) is 48.7 Å². The van der Waals surface area contributed by atoms with Crippen molar-refractivity contribution in [1.29, 1.82) is 0 Å². The van der Waals surface area contributed by atoms with Crippen molar-refractivity contribution in [2.24, 2.45) is 0 Å². The zero-order valence-electron chi connectivity index (χ0n) is 16.0. The summed E-state index contributed by atoms with van der Waals surface area (Å²) in [6, 6.07) is 13.6. The highest BCUT2D eigenvalue weighted by atomic mass is 16.5. The van der Waals surface area contributed by atoms with E-state index >= 15 is 0 Å². The minimum Gasteiger partial charge on any atom is -0.497 e. The monoisotopic (exact) mass is 357 g/mol. The number of methoxy groups -OCH3 is 3. The summed E-state index contributed by atoms with van der Waals surface area (Å²) >= 11 is 0. The molecule has 0 N–H and O–H groups in total. The van der Waals surface area contributed by atoms with Crippen LogP contribution in [0.1, 0.15) is 24.5 Å². The van der Waals surface area contributed by atoms with Crippen molar-refractivity contribution in [3.63, 3.8) is 0 Å². The Morgan fingerprint density at radius 1 is 0.885 bits per heavy atom. The first-order chi connectivity index (χ1) is 12.6. The molecule has 0 spiro atoms. The summed E-state index contributed by atoms with van der Waals surface area (Å²) in [6.07, 6.45) is 1.19. The third-order valence-electron chi connectivity index (χ3n) is 4.34. The lowest BCUT2D eigenvalue weighted by Crippen LogP contribution is -2.30. The Balaban J connectivity index is 1.97. The lowest BCUT2D eigenvalue weighted by atomic mass is 10.1. The maximum atomic E-state index is 12.6. The molecule has 5 nitrogen and oxygen atoms in total. The van der Waals surface area contributed by atoms with Gasteiger partial charge in [-0.15, -0.1) is 0 Å². The quantitative estimate of drug-likeness (QED) is 0.687. The van der Waals surface area contributed by atoms with Gasteiger partial charge in [0.2, 0.25) is 5.91 Å². The van der Waals surface area contributed by atoms with E-state index in [1.165, 1.54) is 0 Å².